The summed E-state index contributed by atoms with van der Waals surface area (Å²) in [7, 11) is 0. The van der Waals surface area contributed by atoms with Crippen LogP contribution in [0, 0.1) is 0 Å². The van der Waals surface area contributed by atoms with Gasteiger partial charge in [0.15, 0.2) is 18.1 Å². The third-order valence-electron chi connectivity index (χ3n) is 3.00. The Morgan fingerprint density at radius 2 is 1.87 bits per heavy atom. The largest absolute Gasteiger partial charge is 0.490 e. The molecule has 23 heavy (non-hydrogen) atoms. The summed E-state index contributed by atoms with van der Waals surface area (Å²) in [6.45, 7) is 1.88. The second kappa shape index (κ2) is 8.41. The number of halogens is 1. The molecule has 0 aliphatic rings. The molecule has 0 aromatic heterocycles. The maximum atomic E-state index is 11.9. The van der Waals surface area contributed by atoms with Gasteiger partial charge < -0.3 is 19.9 Å². The fourth-order valence-corrected chi connectivity index (χ4v) is 2.15. The Hall–Kier alpha value is -2.24. The highest BCUT2D eigenvalue weighted by Crippen LogP contribution is 2.33. The number of hydrogen-bond acceptors (Lipinski definition) is 4. The van der Waals surface area contributed by atoms with Crippen LogP contribution >= 0.6 is 11.6 Å². The van der Waals surface area contributed by atoms with Crippen LogP contribution in [0.1, 0.15) is 12.5 Å². The van der Waals surface area contributed by atoms with E-state index in [1.807, 2.05) is 25.1 Å². The van der Waals surface area contributed by atoms with Gasteiger partial charge in [-0.25, -0.2) is 0 Å². The molecule has 0 bridgehead atoms. The SMILES string of the molecule is CCOc1cc(CO)c(Cl)cc1OCC(=O)Nc1ccccc1. The third-order valence-corrected chi connectivity index (χ3v) is 3.35. The Bertz CT molecular complexity index is 661. The lowest BCUT2D eigenvalue weighted by atomic mass is 10.2. The number of ether oxygens (including phenoxy) is 2. The van der Waals surface area contributed by atoms with Gasteiger partial charge >= 0.3 is 0 Å². The summed E-state index contributed by atoms with van der Waals surface area (Å²) in [6.07, 6.45) is 0. The molecule has 0 atom stereocenters. The zero-order valence-electron chi connectivity index (χ0n) is 12.7. The summed E-state index contributed by atoms with van der Waals surface area (Å²) in [6, 6.07) is 12.2. The van der Waals surface area contributed by atoms with Gasteiger partial charge in [-0.3, -0.25) is 4.79 Å². The van der Waals surface area contributed by atoms with Crippen LogP contribution in [0.2, 0.25) is 5.02 Å². The number of amides is 1. The molecule has 0 saturated carbocycles. The molecule has 0 radical (unpaired) electrons. The Morgan fingerprint density at radius 1 is 1.17 bits per heavy atom. The summed E-state index contributed by atoms with van der Waals surface area (Å²) in [5.41, 5.74) is 1.23. The van der Waals surface area contributed by atoms with E-state index in [0.717, 1.165) is 0 Å². The monoisotopic (exact) mass is 335 g/mol. The number of para-hydroxylation sites is 1. The van der Waals surface area contributed by atoms with Gasteiger partial charge in [-0.1, -0.05) is 29.8 Å². The smallest absolute Gasteiger partial charge is 0.262 e. The predicted molar refractivity (Wildman–Crippen MR) is 89.1 cm³/mol. The van der Waals surface area contributed by atoms with E-state index < -0.39 is 0 Å². The lowest BCUT2D eigenvalue weighted by molar-refractivity contribution is -0.118. The van der Waals surface area contributed by atoms with Gasteiger partial charge in [0.25, 0.3) is 5.91 Å². The second-order valence-corrected chi connectivity index (χ2v) is 5.09. The second-order valence-electron chi connectivity index (χ2n) is 4.68. The van der Waals surface area contributed by atoms with Crippen LogP contribution < -0.4 is 14.8 Å². The van der Waals surface area contributed by atoms with Crippen LogP contribution in [0.25, 0.3) is 0 Å². The first-order chi connectivity index (χ1) is 11.1. The van der Waals surface area contributed by atoms with Crippen molar-refractivity contribution in [3.05, 3.63) is 53.1 Å². The van der Waals surface area contributed by atoms with Gasteiger partial charge in [-0.15, -0.1) is 0 Å². The molecule has 0 aliphatic heterocycles. The molecule has 0 fully saturated rings. The minimum absolute atomic E-state index is 0.177. The molecular formula is C17H18ClNO4. The molecule has 0 heterocycles. The molecule has 0 saturated heterocycles. The fourth-order valence-electron chi connectivity index (χ4n) is 1.94. The van der Waals surface area contributed by atoms with Crippen LogP contribution in [0.15, 0.2) is 42.5 Å². The van der Waals surface area contributed by atoms with E-state index >= 15 is 0 Å². The first-order valence-corrected chi connectivity index (χ1v) is 7.55. The average Bonchev–Trinajstić information content (AvgIpc) is 2.56. The van der Waals surface area contributed by atoms with Crippen LogP contribution in [-0.4, -0.2) is 24.2 Å². The number of carbonyl (C=O) groups is 1. The molecular weight excluding hydrogens is 318 g/mol. The average molecular weight is 336 g/mol. The minimum atomic E-state index is -0.291. The molecule has 2 N–H and O–H groups in total. The summed E-state index contributed by atoms with van der Waals surface area (Å²) >= 11 is 6.05. The Kier molecular flexibility index (Phi) is 6.26. The van der Waals surface area contributed by atoms with Crippen LogP contribution in [0.5, 0.6) is 11.5 Å². The molecule has 0 unspecified atom stereocenters. The number of carbonyl (C=O) groups excluding carboxylic acids is 1. The number of nitrogens with one attached hydrogen (secondary N) is 1. The number of anilines is 1. The highest BCUT2D eigenvalue weighted by molar-refractivity contribution is 6.31. The number of rotatable bonds is 7. The summed E-state index contributed by atoms with van der Waals surface area (Å²) < 4.78 is 11.0. The van der Waals surface area contributed by atoms with E-state index in [2.05, 4.69) is 5.32 Å². The molecule has 0 spiro atoms. The molecule has 2 aromatic rings. The van der Waals surface area contributed by atoms with Gasteiger partial charge in [0, 0.05) is 11.8 Å². The zero-order valence-corrected chi connectivity index (χ0v) is 13.5. The van der Waals surface area contributed by atoms with E-state index in [1.54, 1.807) is 18.2 Å². The lowest BCUT2D eigenvalue weighted by Crippen LogP contribution is -2.20. The van der Waals surface area contributed by atoms with Crippen molar-refractivity contribution in [2.75, 3.05) is 18.5 Å². The maximum absolute atomic E-state index is 11.9. The lowest BCUT2D eigenvalue weighted by Gasteiger charge is -2.14. The summed E-state index contributed by atoms with van der Waals surface area (Å²) in [5, 5.41) is 12.3. The topological polar surface area (TPSA) is 67.8 Å². The van der Waals surface area contributed by atoms with E-state index in [1.165, 1.54) is 6.07 Å². The minimum Gasteiger partial charge on any atom is -0.490 e. The first-order valence-electron chi connectivity index (χ1n) is 7.17. The summed E-state index contributed by atoms with van der Waals surface area (Å²) in [5.74, 6) is 0.506. The van der Waals surface area contributed by atoms with E-state index in [9.17, 15) is 9.90 Å². The molecule has 2 rings (SSSR count). The van der Waals surface area contributed by atoms with Crippen molar-refractivity contribution in [2.45, 2.75) is 13.5 Å². The third kappa shape index (κ3) is 4.87. The van der Waals surface area contributed by atoms with Crippen molar-refractivity contribution in [2.24, 2.45) is 0 Å². The molecule has 2 aromatic carbocycles. The number of aliphatic hydroxyl groups excluding tert-OH is 1. The summed E-state index contributed by atoms with van der Waals surface area (Å²) in [4.78, 5) is 11.9. The van der Waals surface area contributed by atoms with E-state index in [-0.39, 0.29) is 19.1 Å². The van der Waals surface area contributed by atoms with E-state index in [0.29, 0.717) is 34.4 Å². The van der Waals surface area contributed by atoms with Crippen molar-refractivity contribution in [1.29, 1.82) is 0 Å². The van der Waals surface area contributed by atoms with Gasteiger partial charge in [-0.05, 0) is 30.7 Å². The molecule has 0 aliphatic carbocycles. The maximum Gasteiger partial charge on any atom is 0.262 e. The highest BCUT2D eigenvalue weighted by atomic mass is 35.5. The van der Waals surface area contributed by atoms with Crippen molar-refractivity contribution >= 4 is 23.2 Å². The van der Waals surface area contributed by atoms with E-state index in [4.69, 9.17) is 21.1 Å². The van der Waals surface area contributed by atoms with Gasteiger partial charge in [0.2, 0.25) is 0 Å². The zero-order chi connectivity index (χ0) is 16.7. The van der Waals surface area contributed by atoms with Crippen LogP contribution in [0.4, 0.5) is 5.69 Å². The van der Waals surface area contributed by atoms with Crippen LogP contribution in [0.3, 0.4) is 0 Å². The van der Waals surface area contributed by atoms with Crippen molar-refractivity contribution in [3.63, 3.8) is 0 Å². The number of aliphatic hydroxyl groups is 1. The number of benzene rings is 2. The molecule has 1 amide bonds. The quantitative estimate of drug-likeness (QED) is 0.815. The van der Waals surface area contributed by atoms with Gasteiger partial charge in [0.05, 0.1) is 18.2 Å². The standard InChI is InChI=1S/C17H18ClNO4/c1-2-22-15-8-12(10-20)14(18)9-16(15)23-11-17(21)19-13-6-4-3-5-7-13/h3-9,20H,2,10-11H2,1H3,(H,19,21). The molecule has 6 heteroatoms. The molecule has 5 nitrogen and oxygen atoms in total. The number of hydrogen-bond donors (Lipinski definition) is 2. The molecule has 122 valence electrons. The Labute approximate surface area is 139 Å². The van der Waals surface area contributed by atoms with Gasteiger partial charge in [0.1, 0.15) is 0 Å². The Balaban J connectivity index is 2.04. The van der Waals surface area contributed by atoms with Crippen molar-refractivity contribution in [1.82, 2.24) is 0 Å². The first kappa shape index (κ1) is 17.1. The van der Waals surface area contributed by atoms with Crippen molar-refractivity contribution in [3.8, 4) is 11.5 Å². The van der Waals surface area contributed by atoms with Crippen LogP contribution in [-0.2, 0) is 11.4 Å². The fraction of sp³-hybridized carbons (Fsp3) is 0.235. The Morgan fingerprint density at radius 3 is 2.52 bits per heavy atom. The van der Waals surface area contributed by atoms with Crippen molar-refractivity contribution < 1.29 is 19.4 Å². The normalized spacial score (nSPS) is 10.2. The predicted octanol–water partition coefficient (Wildman–Crippen LogP) is 3.25. The highest BCUT2D eigenvalue weighted by Gasteiger charge is 2.12. The van der Waals surface area contributed by atoms with Gasteiger partial charge in [-0.2, -0.15) is 0 Å².